The zero-order valence-corrected chi connectivity index (χ0v) is 10.8. The fourth-order valence-electron chi connectivity index (χ4n) is 2.12. The van der Waals surface area contributed by atoms with Crippen molar-refractivity contribution in [2.24, 2.45) is 0 Å². The van der Waals surface area contributed by atoms with Crippen LogP contribution in [0.1, 0.15) is 46.0 Å². The van der Waals surface area contributed by atoms with Crippen LogP contribution in [0, 0.1) is 11.3 Å². The zero-order valence-electron chi connectivity index (χ0n) is 10.8. The van der Waals surface area contributed by atoms with Gasteiger partial charge < -0.3 is 9.64 Å². The number of hydrogen-bond donors (Lipinski definition) is 0. The predicted molar refractivity (Wildman–Crippen MR) is 65.3 cm³/mol. The number of rotatable bonds is 5. The standard InChI is InChI=1S/C13H22N2O2/c1-11(2)15(8-5-7-14)13(16)10-12-6-3-4-9-17-12/h11-12H,3-6,8-10H2,1-2H3. The Morgan fingerprint density at radius 1 is 1.53 bits per heavy atom. The van der Waals surface area contributed by atoms with Crippen LogP contribution in [-0.4, -0.2) is 36.1 Å². The number of carbonyl (C=O) groups is 1. The van der Waals surface area contributed by atoms with Crippen molar-refractivity contribution >= 4 is 5.91 Å². The van der Waals surface area contributed by atoms with Crippen molar-refractivity contribution in [3.8, 4) is 6.07 Å². The average Bonchev–Trinajstić information content (AvgIpc) is 2.30. The lowest BCUT2D eigenvalue weighted by molar-refractivity contribution is -0.136. The fraction of sp³-hybridized carbons (Fsp3) is 0.846. The Balaban J connectivity index is 2.43. The summed E-state index contributed by atoms with van der Waals surface area (Å²) in [5.41, 5.74) is 0. The second kappa shape index (κ2) is 7.29. The molecule has 1 fully saturated rings. The maximum absolute atomic E-state index is 12.1. The minimum absolute atomic E-state index is 0.0829. The number of carbonyl (C=O) groups excluding carboxylic acids is 1. The molecule has 1 rings (SSSR count). The van der Waals surface area contributed by atoms with Gasteiger partial charge in [0.05, 0.1) is 25.0 Å². The van der Waals surface area contributed by atoms with Gasteiger partial charge in [-0.25, -0.2) is 0 Å². The van der Waals surface area contributed by atoms with Gasteiger partial charge in [-0.3, -0.25) is 4.79 Å². The van der Waals surface area contributed by atoms with Gasteiger partial charge in [0, 0.05) is 19.2 Å². The highest BCUT2D eigenvalue weighted by Gasteiger charge is 2.22. The molecule has 1 amide bonds. The molecule has 1 aliphatic heterocycles. The third-order valence-electron chi connectivity index (χ3n) is 3.08. The summed E-state index contributed by atoms with van der Waals surface area (Å²) < 4.78 is 5.57. The Labute approximate surface area is 104 Å². The molecule has 0 N–H and O–H groups in total. The van der Waals surface area contributed by atoms with E-state index in [9.17, 15) is 4.79 Å². The predicted octanol–water partition coefficient (Wildman–Crippen LogP) is 2.10. The Bertz CT molecular complexity index is 278. The van der Waals surface area contributed by atoms with Gasteiger partial charge in [-0.1, -0.05) is 0 Å². The normalized spacial score (nSPS) is 20.0. The molecule has 0 aromatic rings. The molecule has 96 valence electrons. The fourth-order valence-corrected chi connectivity index (χ4v) is 2.12. The van der Waals surface area contributed by atoms with Crippen LogP contribution in [0.25, 0.3) is 0 Å². The van der Waals surface area contributed by atoms with Crippen molar-refractivity contribution in [2.45, 2.75) is 58.1 Å². The number of ether oxygens (including phenoxy) is 1. The highest BCUT2D eigenvalue weighted by molar-refractivity contribution is 5.77. The summed E-state index contributed by atoms with van der Waals surface area (Å²) >= 11 is 0. The van der Waals surface area contributed by atoms with Crippen molar-refractivity contribution in [1.82, 2.24) is 4.90 Å². The van der Waals surface area contributed by atoms with Crippen molar-refractivity contribution in [2.75, 3.05) is 13.2 Å². The van der Waals surface area contributed by atoms with Gasteiger partial charge in [0.25, 0.3) is 0 Å². The Morgan fingerprint density at radius 2 is 2.29 bits per heavy atom. The number of amides is 1. The van der Waals surface area contributed by atoms with E-state index in [0.29, 0.717) is 19.4 Å². The van der Waals surface area contributed by atoms with Gasteiger partial charge in [-0.2, -0.15) is 5.26 Å². The molecule has 1 saturated heterocycles. The van der Waals surface area contributed by atoms with Crippen molar-refractivity contribution in [1.29, 1.82) is 5.26 Å². The van der Waals surface area contributed by atoms with Crippen molar-refractivity contribution < 1.29 is 9.53 Å². The molecule has 1 unspecified atom stereocenters. The van der Waals surface area contributed by atoms with E-state index in [2.05, 4.69) is 6.07 Å². The lowest BCUT2D eigenvalue weighted by Crippen LogP contribution is -2.40. The Morgan fingerprint density at radius 3 is 2.82 bits per heavy atom. The second-order valence-electron chi connectivity index (χ2n) is 4.78. The van der Waals surface area contributed by atoms with Crippen LogP contribution in [0.15, 0.2) is 0 Å². The van der Waals surface area contributed by atoms with E-state index in [4.69, 9.17) is 10.00 Å². The van der Waals surface area contributed by atoms with Crippen LogP contribution < -0.4 is 0 Å². The third-order valence-corrected chi connectivity index (χ3v) is 3.08. The van der Waals surface area contributed by atoms with E-state index in [1.165, 1.54) is 0 Å². The first-order chi connectivity index (χ1) is 8.15. The minimum Gasteiger partial charge on any atom is -0.378 e. The minimum atomic E-state index is 0.0829. The maximum atomic E-state index is 12.1. The van der Waals surface area contributed by atoms with E-state index in [-0.39, 0.29) is 18.1 Å². The van der Waals surface area contributed by atoms with E-state index < -0.39 is 0 Å². The molecule has 17 heavy (non-hydrogen) atoms. The molecule has 0 aromatic heterocycles. The molecular formula is C13H22N2O2. The van der Waals surface area contributed by atoms with Gasteiger partial charge in [0.2, 0.25) is 5.91 Å². The Hall–Kier alpha value is -1.08. The zero-order chi connectivity index (χ0) is 12.7. The molecule has 4 heteroatoms. The van der Waals surface area contributed by atoms with Crippen LogP contribution in [0.5, 0.6) is 0 Å². The molecule has 0 aliphatic carbocycles. The Kier molecular flexibility index (Phi) is 5.99. The van der Waals surface area contributed by atoms with Crippen molar-refractivity contribution in [3.63, 3.8) is 0 Å². The summed E-state index contributed by atoms with van der Waals surface area (Å²) in [6.07, 6.45) is 4.18. The van der Waals surface area contributed by atoms with Crippen LogP contribution in [0.3, 0.4) is 0 Å². The molecular weight excluding hydrogens is 216 g/mol. The molecule has 0 bridgehead atoms. The molecule has 0 aromatic carbocycles. The number of hydrogen-bond acceptors (Lipinski definition) is 3. The van der Waals surface area contributed by atoms with Crippen LogP contribution in [0.4, 0.5) is 0 Å². The summed E-state index contributed by atoms with van der Waals surface area (Å²) in [6, 6.07) is 2.24. The van der Waals surface area contributed by atoms with Crippen molar-refractivity contribution in [3.05, 3.63) is 0 Å². The highest BCUT2D eigenvalue weighted by atomic mass is 16.5. The highest BCUT2D eigenvalue weighted by Crippen LogP contribution is 2.17. The first-order valence-electron chi connectivity index (χ1n) is 6.43. The smallest absolute Gasteiger partial charge is 0.225 e. The van der Waals surface area contributed by atoms with E-state index in [0.717, 1.165) is 25.9 Å². The third kappa shape index (κ3) is 4.74. The van der Waals surface area contributed by atoms with E-state index in [1.54, 1.807) is 4.90 Å². The molecule has 4 nitrogen and oxygen atoms in total. The molecule has 1 aliphatic rings. The first kappa shape index (κ1) is 14.0. The molecule has 0 saturated carbocycles. The number of nitrogens with zero attached hydrogens (tertiary/aromatic N) is 2. The van der Waals surface area contributed by atoms with Gasteiger partial charge in [0.1, 0.15) is 0 Å². The summed E-state index contributed by atoms with van der Waals surface area (Å²) in [7, 11) is 0. The largest absolute Gasteiger partial charge is 0.378 e. The molecule has 1 atom stereocenters. The summed E-state index contributed by atoms with van der Waals surface area (Å²) in [4.78, 5) is 13.9. The maximum Gasteiger partial charge on any atom is 0.225 e. The average molecular weight is 238 g/mol. The van der Waals surface area contributed by atoms with E-state index in [1.807, 2.05) is 13.8 Å². The molecule has 0 spiro atoms. The van der Waals surface area contributed by atoms with Gasteiger partial charge in [-0.15, -0.1) is 0 Å². The van der Waals surface area contributed by atoms with Gasteiger partial charge in [-0.05, 0) is 33.1 Å². The SMILES string of the molecule is CC(C)N(CCC#N)C(=O)CC1CCCCO1. The molecule has 1 heterocycles. The topological polar surface area (TPSA) is 53.3 Å². The summed E-state index contributed by atoms with van der Waals surface area (Å²) in [5.74, 6) is 0.113. The lowest BCUT2D eigenvalue weighted by atomic mass is 10.1. The van der Waals surface area contributed by atoms with Crippen LogP contribution >= 0.6 is 0 Å². The van der Waals surface area contributed by atoms with Gasteiger partial charge >= 0.3 is 0 Å². The number of nitriles is 1. The monoisotopic (exact) mass is 238 g/mol. The summed E-state index contributed by atoms with van der Waals surface area (Å²) in [5, 5.41) is 8.59. The quantitative estimate of drug-likeness (QED) is 0.737. The first-order valence-corrected chi connectivity index (χ1v) is 6.43. The van der Waals surface area contributed by atoms with Crippen LogP contribution in [0.2, 0.25) is 0 Å². The summed E-state index contributed by atoms with van der Waals surface area (Å²) in [6.45, 7) is 5.27. The van der Waals surface area contributed by atoms with Gasteiger partial charge in [0.15, 0.2) is 0 Å². The molecule has 0 radical (unpaired) electrons. The van der Waals surface area contributed by atoms with Crippen LogP contribution in [-0.2, 0) is 9.53 Å². The second-order valence-corrected chi connectivity index (χ2v) is 4.78. The lowest BCUT2D eigenvalue weighted by Gasteiger charge is -2.29. The van der Waals surface area contributed by atoms with E-state index >= 15 is 0 Å².